The predicted octanol–water partition coefficient (Wildman–Crippen LogP) is 3.24. The summed E-state index contributed by atoms with van der Waals surface area (Å²) in [7, 11) is 0. The first-order valence-corrected chi connectivity index (χ1v) is 5.64. The molecular weight excluding hydrogens is 210 g/mol. The lowest BCUT2D eigenvalue weighted by Crippen LogP contribution is -2.07. The molecule has 0 fully saturated rings. The van der Waals surface area contributed by atoms with Gasteiger partial charge in [0.2, 0.25) is 0 Å². The molecule has 0 atom stereocenters. The van der Waals surface area contributed by atoms with Crippen LogP contribution in [0.2, 0.25) is 0 Å². The number of carbonyl (C=O) groups excluding carboxylic acids is 1. The number of rotatable bonds is 2. The van der Waals surface area contributed by atoms with E-state index in [4.69, 9.17) is 0 Å². The average Bonchev–Trinajstić information content (AvgIpc) is 2.29. The SMILES string of the molecule is Cc1ccc(C(=O)c2ccccc2C)c(C)n1. The van der Waals surface area contributed by atoms with E-state index in [1.807, 2.05) is 57.2 Å². The summed E-state index contributed by atoms with van der Waals surface area (Å²) in [5.41, 5.74) is 4.16. The van der Waals surface area contributed by atoms with Crippen molar-refractivity contribution >= 4 is 5.78 Å². The Morgan fingerprint density at radius 2 is 1.65 bits per heavy atom. The molecule has 2 heteroatoms. The molecule has 0 bridgehead atoms. The smallest absolute Gasteiger partial charge is 0.195 e. The van der Waals surface area contributed by atoms with Crippen LogP contribution in [0.3, 0.4) is 0 Å². The van der Waals surface area contributed by atoms with Gasteiger partial charge in [-0.3, -0.25) is 9.78 Å². The molecule has 1 aromatic heterocycles. The molecule has 0 saturated heterocycles. The van der Waals surface area contributed by atoms with Crippen LogP contribution in [0.5, 0.6) is 0 Å². The predicted molar refractivity (Wildman–Crippen MR) is 68.3 cm³/mol. The van der Waals surface area contributed by atoms with Gasteiger partial charge < -0.3 is 0 Å². The molecule has 2 rings (SSSR count). The van der Waals surface area contributed by atoms with E-state index in [1.54, 1.807) is 0 Å². The van der Waals surface area contributed by atoms with Gasteiger partial charge >= 0.3 is 0 Å². The van der Waals surface area contributed by atoms with Crippen LogP contribution in [0, 0.1) is 20.8 Å². The Hall–Kier alpha value is -1.96. The zero-order valence-electron chi connectivity index (χ0n) is 10.3. The van der Waals surface area contributed by atoms with Gasteiger partial charge in [0.25, 0.3) is 0 Å². The second-order valence-corrected chi connectivity index (χ2v) is 4.23. The van der Waals surface area contributed by atoms with E-state index in [1.165, 1.54) is 0 Å². The summed E-state index contributed by atoms with van der Waals surface area (Å²) in [6, 6.07) is 11.4. The van der Waals surface area contributed by atoms with Crippen molar-refractivity contribution in [1.29, 1.82) is 0 Å². The van der Waals surface area contributed by atoms with E-state index in [-0.39, 0.29) is 5.78 Å². The van der Waals surface area contributed by atoms with Gasteiger partial charge in [0.1, 0.15) is 0 Å². The highest BCUT2D eigenvalue weighted by molar-refractivity contribution is 6.10. The molecule has 0 spiro atoms. The topological polar surface area (TPSA) is 30.0 Å². The molecule has 0 radical (unpaired) electrons. The maximum absolute atomic E-state index is 12.4. The molecule has 0 N–H and O–H groups in total. The van der Waals surface area contributed by atoms with E-state index in [2.05, 4.69) is 4.98 Å². The maximum Gasteiger partial charge on any atom is 0.195 e. The zero-order valence-corrected chi connectivity index (χ0v) is 10.3. The Kier molecular flexibility index (Phi) is 3.05. The monoisotopic (exact) mass is 225 g/mol. The molecule has 2 nitrogen and oxygen atoms in total. The molecular formula is C15H15NO. The minimum atomic E-state index is 0.0492. The van der Waals surface area contributed by atoms with Crippen LogP contribution >= 0.6 is 0 Å². The van der Waals surface area contributed by atoms with Crippen molar-refractivity contribution in [1.82, 2.24) is 4.98 Å². The highest BCUT2D eigenvalue weighted by Gasteiger charge is 2.13. The van der Waals surface area contributed by atoms with Gasteiger partial charge in [-0.05, 0) is 38.5 Å². The number of nitrogens with zero attached hydrogens (tertiary/aromatic N) is 1. The van der Waals surface area contributed by atoms with Crippen molar-refractivity contribution in [2.24, 2.45) is 0 Å². The first-order valence-electron chi connectivity index (χ1n) is 5.64. The fourth-order valence-corrected chi connectivity index (χ4v) is 1.90. The lowest BCUT2D eigenvalue weighted by Gasteiger charge is -2.07. The summed E-state index contributed by atoms with van der Waals surface area (Å²) < 4.78 is 0. The Morgan fingerprint density at radius 1 is 0.941 bits per heavy atom. The van der Waals surface area contributed by atoms with Crippen LogP contribution in [-0.2, 0) is 0 Å². The molecule has 0 aliphatic carbocycles. The Labute approximate surface area is 101 Å². The lowest BCUT2D eigenvalue weighted by molar-refractivity contribution is 0.103. The minimum Gasteiger partial charge on any atom is -0.289 e. The van der Waals surface area contributed by atoms with E-state index >= 15 is 0 Å². The van der Waals surface area contributed by atoms with Gasteiger partial charge in [0, 0.05) is 22.5 Å². The van der Waals surface area contributed by atoms with E-state index in [0.29, 0.717) is 5.56 Å². The summed E-state index contributed by atoms with van der Waals surface area (Å²) in [6.45, 7) is 5.75. The van der Waals surface area contributed by atoms with E-state index in [0.717, 1.165) is 22.5 Å². The normalized spacial score (nSPS) is 10.3. The third-order valence-corrected chi connectivity index (χ3v) is 2.86. The second kappa shape index (κ2) is 4.50. The van der Waals surface area contributed by atoms with E-state index in [9.17, 15) is 4.79 Å². The number of aryl methyl sites for hydroxylation is 3. The van der Waals surface area contributed by atoms with Crippen molar-refractivity contribution < 1.29 is 4.79 Å². The van der Waals surface area contributed by atoms with Crippen LogP contribution in [0.4, 0.5) is 0 Å². The van der Waals surface area contributed by atoms with Crippen LogP contribution < -0.4 is 0 Å². The van der Waals surface area contributed by atoms with Crippen molar-refractivity contribution in [3.63, 3.8) is 0 Å². The first-order chi connectivity index (χ1) is 8.09. The molecule has 17 heavy (non-hydrogen) atoms. The summed E-state index contributed by atoms with van der Waals surface area (Å²) in [4.78, 5) is 16.7. The van der Waals surface area contributed by atoms with Gasteiger partial charge in [-0.15, -0.1) is 0 Å². The van der Waals surface area contributed by atoms with Gasteiger partial charge in [-0.25, -0.2) is 0 Å². The third-order valence-electron chi connectivity index (χ3n) is 2.86. The number of hydrogen-bond acceptors (Lipinski definition) is 2. The lowest BCUT2D eigenvalue weighted by atomic mass is 9.98. The van der Waals surface area contributed by atoms with Gasteiger partial charge in [-0.1, -0.05) is 24.3 Å². The number of pyridine rings is 1. The zero-order chi connectivity index (χ0) is 12.4. The summed E-state index contributed by atoms with van der Waals surface area (Å²) >= 11 is 0. The minimum absolute atomic E-state index is 0.0492. The van der Waals surface area contributed by atoms with Crippen LogP contribution in [0.1, 0.15) is 32.9 Å². The average molecular weight is 225 g/mol. The summed E-state index contributed by atoms with van der Waals surface area (Å²) in [5, 5.41) is 0. The Morgan fingerprint density at radius 3 is 2.29 bits per heavy atom. The fourth-order valence-electron chi connectivity index (χ4n) is 1.90. The molecule has 0 unspecified atom stereocenters. The van der Waals surface area contributed by atoms with Gasteiger partial charge in [-0.2, -0.15) is 0 Å². The Balaban J connectivity index is 2.48. The number of aromatic nitrogens is 1. The maximum atomic E-state index is 12.4. The largest absolute Gasteiger partial charge is 0.289 e. The van der Waals surface area contributed by atoms with E-state index < -0.39 is 0 Å². The third kappa shape index (κ3) is 2.26. The summed E-state index contributed by atoms with van der Waals surface area (Å²) in [6.07, 6.45) is 0. The number of benzene rings is 1. The van der Waals surface area contributed by atoms with Gasteiger partial charge in [0.05, 0.1) is 0 Å². The number of ketones is 1. The quantitative estimate of drug-likeness (QED) is 0.734. The molecule has 86 valence electrons. The first kappa shape index (κ1) is 11.5. The van der Waals surface area contributed by atoms with Crippen molar-refractivity contribution in [3.05, 3.63) is 64.5 Å². The molecule has 1 heterocycles. The summed E-state index contributed by atoms with van der Waals surface area (Å²) in [5.74, 6) is 0.0492. The number of carbonyl (C=O) groups is 1. The molecule has 1 aromatic carbocycles. The highest BCUT2D eigenvalue weighted by Crippen LogP contribution is 2.16. The standard InChI is InChI=1S/C15H15NO/c1-10-6-4-5-7-13(10)15(17)14-9-8-11(2)16-12(14)3/h4-9H,1-3H3. The second-order valence-electron chi connectivity index (χ2n) is 4.23. The molecule has 2 aromatic rings. The van der Waals surface area contributed by atoms with Crippen molar-refractivity contribution in [3.8, 4) is 0 Å². The van der Waals surface area contributed by atoms with Gasteiger partial charge in [0.15, 0.2) is 5.78 Å². The van der Waals surface area contributed by atoms with Crippen LogP contribution in [0.15, 0.2) is 36.4 Å². The van der Waals surface area contributed by atoms with Crippen LogP contribution in [0.25, 0.3) is 0 Å². The van der Waals surface area contributed by atoms with Crippen molar-refractivity contribution in [2.45, 2.75) is 20.8 Å². The fraction of sp³-hybridized carbons (Fsp3) is 0.200. The molecule has 0 saturated carbocycles. The number of hydrogen-bond donors (Lipinski definition) is 0. The van der Waals surface area contributed by atoms with Crippen LogP contribution in [-0.4, -0.2) is 10.8 Å². The molecule has 0 amide bonds. The molecule has 0 aliphatic heterocycles. The molecule has 0 aliphatic rings. The highest BCUT2D eigenvalue weighted by atomic mass is 16.1. The van der Waals surface area contributed by atoms with Crippen molar-refractivity contribution in [2.75, 3.05) is 0 Å². The Bertz CT molecular complexity index is 573.